The van der Waals surface area contributed by atoms with Crippen LogP contribution in [0.2, 0.25) is 0 Å². The minimum Gasteiger partial charge on any atom is -0.493 e. The highest BCUT2D eigenvalue weighted by Crippen LogP contribution is 2.36. The molecule has 2 amide bonds. The van der Waals surface area contributed by atoms with Gasteiger partial charge in [0.15, 0.2) is 18.7 Å². The van der Waals surface area contributed by atoms with E-state index in [-0.39, 0.29) is 42.1 Å². The first kappa shape index (κ1) is 26.5. The number of amides is 2. The maximum absolute atomic E-state index is 12.5. The lowest BCUT2D eigenvalue weighted by Crippen LogP contribution is -2.35. The van der Waals surface area contributed by atoms with Crippen LogP contribution in [-0.2, 0) is 9.53 Å². The number of nitrogens with zero attached hydrogens (tertiary/aromatic N) is 1. The number of rotatable bonds is 12. The summed E-state index contributed by atoms with van der Waals surface area (Å²) in [5.74, 6) is 0.885. The number of benzene rings is 1. The smallest absolute Gasteiger partial charge is 0.407 e. The fourth-order valence-corrected chi connectivity index (χ4v) is 4.90. The Morgan fingerprint density at radius 1 is 1.14 bits per heavy atom. The average molecular weight is 513 g/mol. The molecule has 0 saturated heterocycles. The molecule has 1 aromatic heterocycles. The minimum absolute atomic E-state index is 0.130. The molecule has 37 heavy (non-hydrogen) atoms. The molecule has 0 radical (unpaired) electrons. The van der Waals surface area contributed by atoms with E-state index in [0.717, 1.165) is 57.1 Å². The van der Waals surface area contributed by atoms with Gasteiger partial charge in [-0.3, -0.25) is 14.7 Å². The normalized spacial score (nSPS) is 19.4. The number of aromatic nitrogens is 2. The highest BCUT2D eigenvalue weighted by molar-refractivity contribution is 5.91. The molecule has 10 nitrogen and oxygen atoms in total. The van der Waals surface area contributed by atoms with Crippen LogP contribution in [0.15, 0.2) is 24.3 Å². The van der Waals surface area contributed by atoms with Gasteiger partial charge in [-0.2, -0.15) is 5.10 Å². The van der Waals surface area contributed by atoms with Gasteiger partial charge in [0.1, 0.15) is 17.6 Å². The molecule has 2 aliphatic rings. The Morgan fingerprint density at radius 3 is 2.68 bits per heavy atom. The lowest BCUT2D eigenvalue weighted by Gasteiger charge is -2.16. The third-order valence-electron chi connectivity index (χ3n) is 6.90. The number of carbonyl (C=O) groups is 3. The van der Waals surface area contributed by atoms with Gasteiger partial charge in [0, 0.05) is 23.7 Å². The molecule has 0 spiro atoms. The van der Waals surface area contributed by atoms with E-state index in [1.54, 1.807) is 24.3 Å². The summed E-state index contributed by atoms with van der Waals surface area (Å²) in [5.41, 5.74) is 1.17. The molecule has 200 valence electrons. The van der Waals surface area contributed by atoms with Gasteiger partial charge < -0.3 is 24.8 Å². The summed E-state index contributed by atoms with van der Waals surface area (Å²) in [4.78, 5) is 36.2. The van der Waals surface area contributed by atoms with Gasteiger partial charge in [-0.1, -0.05) is 32.3 Å². The molecule has 10 heteroatoms. The van der Waals surface area contributed by atoms with Crippen molar-refractivity contribution in [3.8, 4) is 11.5 Å². The Morgan fingerprint density at radius 2 is 1.92 bits per heavy atom. The molecular weight excluding hydrogens is 476 g/mol. The number of unbranched alkanes of at least 4 members (excludes halogenated alkanes) is 1. The van der Waals surface area contributed by atoms with Crippen LogP contribution in [0.5, 0.6) is 11.5 Å². The standard InChI is InChI=1S/C27H36N4O6/c1-2-3-13-35-23-9-6-10-24(21(23)16-32)36-17-26(33)29-25-15-22(30-31-25)18-11-12-20(14-18)37-27(34)28-19-7-4-5-8-19/h6,9-10,15-16,18-20H,2-5,7-8,11-14,17H2,1H3,(H,28,34)(H2,29,30,31,33)/t18-,20+/m0/s1. The second-order valence-corrected chi connectivity index (χ2v) is 9.70. The minimum atomic E-state index is -0.400. The summed E-state index contributed by atoms with van der Waals surface area (Å²) in [6.45, 7) is 2.28. The number of hydrogen-bond donors (Lipinski definition) is 3. The van der Waals surface area contributed by atoms with E-state index in [2.05, 4.69) is 27.8 Å². The predicted octanol–water partition coefficient (Wildman–Crippen LogP) is 4.72. The molecule has 4 rings (SSSR count). The zero-order valence-electron chi connectivity index (χ0n) is 21.3. The van der Waals surface area contributed by atoms with Gasteiger partial charge in [0.25, 0.3) is 5.91 Å². The quantitative estimate of drug-likeness (QED) is 0.277. The highest BCUT2D eigenvalue weighted by Gasteiger charge is 2.30. The van der Waals surface area contributed by atoms with Gasteiger partial charge in [-0.25, -0.2) is 4.79 Å². The predicted molar refractivity (Wildman–Crippen MR) is 137 cm³/mol. The zero-order valence-corrected chi connectivity index (χ0v) is 21.3. The Balaban J connectivity index is 1.23. The van der Waals surface area contributed by atoms with Crippen molar-refractivity contribution in [2.75, 3.05) is 18.5 Å². The monoisotopic (exact) mass is 512 g/mol. The lowest BCUT2D eigenvalue weighted by molar-refractivity contribution is -0.118. The number of anilines is 1. The molecule has 0 unspecified atom stereocenters. The van der Waals surface area contributed by atoms with Crippen molar-refractivity contribution < 1.29 is 28.6 Å². The number of hydrogen-bond acceptors (Lipinski definition) is 7. The molecule has 0 aliphatic heterocycles. The first-order valence-corrected chi connectivity index (χ1v) is 13.2. The Hall–Kier alpha value is -3.56. The van der Waals surface area contributed by atoms with Crippen LogP contribution in [0.1, 0.15) is 86.7 Å². The highest BCUT2D eigenvalue weighted by atomic mass is 16.6. The molecule has 3 N–H and O–H groups in total. The fourth-order valence-electron chi connectivity index (χ4n) is 4.90. The van der Waals surface area contributed by atoms with Crippen molar-refractivity contribution in [3.63, 3.8) is 0 Å². The number of nitrogens with one attached hydrogen (secondary N) is 3. The molecule has 2 aliphatic carbocycles. The van der Waals surface area contributed by atoms with Gasteiger partial charge in [-0.15, -0.1) is 0 Å². The van der Waals surface area contributed by atoms with Crippen LogP contribution in [0, 0.1) is 0 Å². The van der Waals surface area contributed by atoms with Gasteiger partial charge in [0.2, 0.25) is 0 Å². The van der Waals surface area contributed by atoms with Crippen molar-refractivity contribution in [2.24, 2.45) is 0 Å². The Bertz CT molecular complexity index is 1060. The van der Waals surface area contributed by atoms with Gasteiger partial charge >= 0.3 is 6.09 Å². The molecule has 1 aromatic carbocycles. The maximum atomic E-state index is 12.5. The van der Waals surface area contributed by atoms with Gasteiger partial charge in [-0.05, 0) is 50.7 Å². The maximum Gasteiger partial charge on any atom is 0.407 e. The number of ether oxygens (including phenoxy) is 3. The van der Waals surface area contributed by atoms with E-state index >= 15 is 0 Å². The van der Waals surface area contributed by atoms with E-state index < -0.39 is 5.91 Å². The molecule has 1 heterocycles. The van der Waals surface area contributed by atoms with E-state index in [1.807, 2.05) is 0 Å². The van der Waals surface area contributed by atoms with Crippen LogP contribution >= 0.6 is 0 Å². The average Bonchev–Trinajstić information content (AvgIpc) is 3.66. The van der Waals surface area contributed by atoms with Crippen LogP contribution < -0.4 is 20.1 Å². The number of alkyl carbamates (subject to hydrolysis) is 1. The zero-order chi connectivity index (χ0) is 26.0. The molecule has 2 aromatic rings. The number of aromatic amines is 1. The summed E-state index contributed by atoms with van der Waals surface area (Å²) in [5, 5.41) is 12.9. The molecule has 2 atom stereocenters. The second-order valence-electron chi connectivity index (χ2n) is 9.70. The Labute approximate surface area is 216 Å². The third kappa shape index (κ3) is 7.47. The van der Waals surface area contributed by atoms with E-state index in [4.69, 9.17) is 14.2 Å². The topological polar surface area (TPSA) is 132 Å². The van der Waals surface area contributed by atoms with Crippen molar-refractivity contribution in [2.45, 2.75) is 82.8 Å². The number of H-pyrrole nitrogens is 1. The lowest BCUT2D eigenvalue weighted by atomic mass is 10.0. The summed E-state index contributed by atoms with van der Waals surface area (Å²) in [6, 6.07) is 7.09. The van der Waals surface area contributed by atoms with Gasteiger partial charge in [0.05, 0.1) is 12.2 Å². The fraction of sp³-hybridized carbons (Fsp3) is 0.556. The van der Waals surface area contributed by atoms with E-state index in [9.17, 15) is 14.4 Å². The summed E-state index contributed by atoms with van der Waals surface area (Å²) >= 11 is 0. The first-order valence-electron chi connectivity index (χ1n) is 13.2. The van der Waals surface area contributed by atoms with Crippen LogP contribution in [0.4, 0.5) is 10.6 Å². The van der Waals surface area contributed by atoms with Crippen LogP contribution in [-0.4, -0.2) is 53.8 Å². The molecule has 0 bridgehead atoms. The largest absolute Gasteiger partial charge is 0.493 e. The first-order chi connectivity index (χ1) is 18.1. The molecule has 2 fully saturated rings. The number of carbonyl (C=O) groups excluding carboxylic acids is 3. The van der Waals surface area contributed by atoms with Crippen molar-refractivity contribution in [3.05, 3.63) is 35.5 Å². The molecule has 2 saturated carbocycles. The SMILES string of the molecule is CCCCOc1cccc(OCC(=O)Nc2cc([C@H]3CC[C@@H](OC(=O)NC4CCCC4)C3)[nH]n2)c1C=O. The third-order valence-corrected chi connectivity index (χ3v) is 6.90. The summed E-state index contributed by atoms with van der Waals surface area (Å²) in [7, 11) is 0. The van der Waals surface area contributed by atoms with Crippen LogP contribution in [0.25, 0.3) is 0 Å². The van der Waals surface area contributed by atoms with Crippen molar-refractivity contribution >= 4 is 24.1 Å². The van der Waals surface area contributed by atoms with Crippen molar-refractivity contribution in [1.29, 1.82) is 0 Å². The second kappa shape index (κ2) is 13.1. The summed E-state index contributed by atoms with van der Waals surface area (Å²) in [6.07, 6.45) is 8.79. The van der Waals surface area contributed by atoms with Crippen molar-refractivity contribution in [1.82, 2.24) is 15.5 Å². The van der Waals surface area contributed by atoms with E-state index in [1.165, 1.54) is 0 Å². The summed E-state index contributed by atoms with van der Waals surface area (Å²) < 4.78 is 16.9. The number of aldehydes is 1. The van der Waals surface area contributed by atoms with Crippen LogP contribution in [0.3, 0.4) is 0 Å². The van der Waals surface area contributed by atoms with E-state index in [0.29, 0.717) is 30.9 Å². The Kier molecular flexibility index (Phi) is 9.40. The molecular formula is C27H36N4O6.